The Morgan fingerprint density at radius 1 is 1.25 bits per heavy atom. The van der Waals surface area contributed by atoms with E-state index in [1.807, 2.05) is 0 Å². The Bertz CT molecular complexity index is 528. The molecule has 1 N–H and O–H groups in total. The quantitative estimate of drug-likeness (QED) is 0.713. The molecule has 2 heteroatoms. The van der Waals surface area contributed by atoms with Crippen LogP contribution in [0.1, 0.15) is 49.7 Å². The summed E-state index contributed by atoms with van der Waals surface area (Å²) in [6.45, 7) is 2.28. The molecule has 0 aliphatic heterocycles. The maximum absolute atomic E-state index is 10.5. The fourth-order valence-corrected chi connectivity index (χ4v) is 5.95. The number of aliphatic hydroxyl groups excluding tert-OH is 1. The van der Waals surface area contributed by atoms with E-state index in [1.165, 1.54) is 19.3 Å². The van der Waals surface area contributed by atoms with Crippen LogP contribution in [-0.4, -0.2) is 16.6 Å². The highest BCUT2D eigenvalue weighted by Gasteiger charge is 2.57. The Labute approximate surface area is 126 Å². The molecule has 2 saturated carbocycles. The SMILES string of the molecule is C[C@]12CC[C@@H]3c4ccccc4CC[C@H]3[C@@H]1C[C@@H](Cl)[C@@H]2O. The average Bonchev–Trinajstić information content (AvgIpc) is 2.71. The normalized spacial score (nSPS) is 46.5. The monoisotopic (exact) mass is 290 g/mol. The molecular weight excluding hydrogens is 268 g/mol. The van der Waals surface area contributed by atoms with Crippen LogP contribution in [-0.2, 0) is 6.42 Å². The van der Waals surface area contributed by atoms with Gasteiger partial charge in [-0.1, -0.05) is 31.2 Å². The van der Waals surface area contributed by atoms with Crippen molar-refractivity contribution in [3.8, 4) is 0 Å². The molecule has 108 valence electrons. The summed E-state index contributed by atoms with van der Waals surface area (Å²) >= 11 is 6.41. The first-order valence-electron chi connectivity index (χ1n) is 8.01. The van der Waals surface area contributed by atoms with Gasteiger partial charge in [-0.2, -0.15) is 0 Å². The highest BCUT2D eigenvalue weighted by atomic mass is 35.5. The van der Waals surface area contributed by atoms with Gasteiger partial charge in [0.2, 0.25) is 0 Å². The zero-order chi connectivity index (χ0) is 13.9. The Morgan fingerprint density at radius 3 is 2.90 bits per heavy atom. The van der Waals surface area contributed by atoms with Gasteiger partial charge in [-0.3, -0.25) is 0 Å². The van der Waals surface area contributed by atoms with Gasteiger partial charge in [0.05, 0.1) is 11.5 Å². The first kappa shape index (κ1) is 13.2. The zero-order valence-corrected chi connectivity index (χ0v) is 12.8. The molecule has 3 aliphatic carbocycles. The summed E-state index contributed by atoms with van der Waals surface area (Å²) in [5, 5.41) is 10.5. The van der Waals surface area contributed by atoms with Crippen LogP contribution in [0.3, 0.4) is 0 Å². The summed E-state index contributed by atoms with van der Waals surface area (Å²) in [5.74, 6) is 2.03. The van der Waals surface area contributed by atoms with Gasteiger partial charge in [-0.25, -0.2) is 0 Å². The molecule has 0 bridgehead atoms. The number of aliphatic hydroxyl groups is 1. The van der Waals surface area contributed by atoms with E-state index in [4.69, 9.17) is 11.6 Å². The zero-order valence-electron chi connectivity index (χ0n) is 12.1. The number of aryl methyl sites for hydroxylation is 1. The van der Waals surface area contributed by atoms with Crippen LogP contribution < -0.4 is 0 Å². The minimum atomic E-state index is -0.313. The van der Waals surface area contributed by atoms with Gasteiger partial charge in [0.15, 0.2) is 0 Å². The van der Waals surface area contributed by atoms with Crippen LogP contribution in [0.4, 0.5) is 0 Å². The average molecular weight is 291 g/mol. The third kappa shape index (κ3) is 1.66. The maximum Gasteiger partial charge on any atom is 0.0760 e. The van der Waals surface area contributed by atoms with E-state index in [9.17, 15) is 5.11 Å². The first-order valence-corrected chi connectivity index (χ1v) is 8.45. The molecule has 0 amide bonds. The smallest absolute Gasteiger partial charge is 0.0760 e. The molecule has 3 aliphatic rings. The lowest BCUT2D eigenvalue weighted by Gasteiger charge is -2.50. The van der Waals surface area contributed by atoms with Crippen molar-refractivity contribution in [2.75, 3.05) is 0 Å². The van der Waals surface area contributed by atoms with E-state index in [-0.39, 0.29) is 16.9 Å². The fraction of sp³-hybridized carbons (Fsp3) is 0.667. The molecule has 2 fully saturated rings. The van der Waals surface area contributed by atoms with Crippen LogP contribution in [0.15, 0.2) is 24.3 Å². The molecule has 4 rings (SSSR count). The van der Waals surface area contributed by atoms with Crippen LogP contribution in [0, 0.1) is 17.3 Å². The molecule has 0 radical (unpaired) electrons. The number of alkyl halides is 1. The maximum atomic E-state index is 10.5. The van der Waals surface area contributed by atoms with Gasteiger partial charge in [0.1, 0.15) is 0 Å². The molecule has 20 heavy (non-hydrogen) atoms. The number of hydrogen-bond acceptors (Lipinski definition) is 1. The number of hydrogen-bond donors (Lipinski definition) is 1. The molecule has 0 heterocycles. The lowest BCUT2D eigenvalue weighted by atomic mass is 9.55. The standard InChI is InChI=1S/C18H23ClO/c1-18-9-8-13-12-5-3-2-4-11(12)6-7-14(13)15(18)10-16(19)17(18)20/h2-5,13-17,20H,6-10H2,1H3/t13-,14-,15+,16-,17+,18+/m1/s1. The predicted octanol–water partition coefficient (Wildman–Crippen LogP) is 4.12. The molecule has 0 spiro atoms. The number of halogens is 1. The summed E-state index contributed by atoms with van der Waals surface area (Å²) in [4.78, 5) is 0. The second kappa shape index (κ2) is 4.48. The summed E-state index contributed by atoms with van der Waals surface area (Å²) in [6, 6.07) is 8.98. The van der Waals surface area contributed by atoms with Crippen LogP contribution >= 0.6 is 11.6 Å². The van der Waals surface area contributed by atoms with Crippen molar-refractivity contribution in [2.45, 2.75) is 56.4 Å². The summed E-state index contributed by atoms with van der Waals surface area (Å²) in [7, 11) is 0. The highest BCUT2D eigenvalue weighted by Crippen LogP contribution is 2.61. The van der Waals surface area contributed by atoms with Crippen molar-refractivity contribution < 1.29 is 5.11 Å². The van der Waals surface area contributed by atoms with Gasteiger partial charge in [-0.15, -0.1) is 11.6 Å². The van der Waals surface area contributed by atoms with Gasteiger partial charge >= 0.3 is 0 Å². The van der Waals surface area contributed by atoms with Crippen molar-refractivity contribution in [2.24, 2.45) is 17.3 Å². The Morgan fingerprint density at radius 2 is 2.05 bits per heavy atom. The van der Waals surface area contributed by atoms with E-state index in [1.54, 1.807) is 11.1 Å². The Kier molecular flexibility index (Phi) is 2.95. The fourth-order valence-electron chi connectivity index (χ4n) is 5.47. The van der Waals surface area contributed by atoms with E-state index < -0.39 is 0 Å². The molecule has 1 nitrogen and oxygen atoms in total. The van der Waals surface area contributed by atoms with Crippen molar-refractivity contribution in [3.05, 3.63) is 35.4 Å². The summed E-state index contributed by atoms with van der Waals surface area (Å²) in [6.07, 6.45) is 5.51. The Hall–Kier alpha value is -0.530. The molecule has 1 aromatic rings. The molecular formula is C18H23ClO. The van der Waals surface area contributed by atoms with Crippen molar-refractivity contribution >= 4 is 11.6 Å². The summed E-state index contributed by atoms with van der Waals surface area (Å²) < 4.78 is 0. The van der Waals surface area contributed by atoms with Crippen LogP contribution in [0.2, 0.25) is 0 Å². The topological polar surface area (TPSA) is 20.2 Å². The van der Waals surface area contributed by atoms with Gasteiger partial charge in [0, 0.05) is 0 Å². The molecule has 6 atom stereocenters. The minimum Gasteiger partial charge on any atom is -0.391 e. The van der Waals surface area contributed by atoms with Crippen molar-refractivity contribution in [1.82, 2.24) is 0 Å². The molecule has 0 unspecified atom stereocenters. The number of rotatable bonds is 0. The van der Waals surface area contributed by atoms with E-state index in [2.05, 4.69) is 31.2 Å². The Balaban J connectivity index is 1.72. The second-order valence-corrected chi connectivity index (χ2v) is 7.92. The van der Waals surface area contributed by atoms with Crippen LogP contribution in [0.25, 0.3) is 0 Å². The van der Waals surface area contributed by atoms with E-state index >= 15 is 0 Å². The third-order valence-corrected chi connectivity index (χ3v) is 6.99. The van der Waals surface area contributed by atoms with Crippen molar-refractivity contribution in [1.29, 1.82) is 0 Å². The lowest BCUT2D eigenvalue weighted by Crippen LogP contribution is -2.44. The largest absolute Gasteiger partial charge is 0.391 e. The second-order valence-electron chi connectivity index (χ2n) is 7.36. The summed E-state index contributed by atoms with van der Waals surface area (Å²) in [5.41, 5.74) is 3.19. The van der Waals surface area contributed by atoms with Crippen LogP contribution in [0.5, 0.6) is 0 Å². The number of fused-ring (bicyclic) bond motifs is 5. The van der Waals surface area contributed by atoms with Gasteiger partial charge < -0.3 is 5.11 Å². The third-order valence-electron chi connectivity index (χ3n) is 6.57. The predicted molar refractivity (Wildman–Crippen MR) is 82.1 cm³/mol. The van der Waals surface area contributed by atoms with E-state index in [0.717, 1.165) is 18.8 Å². The molecule has 0 saturated heterocycles. The lowest BCUT2D eigenvalue weighted by molar-refractivity contribution is -0.0219. The number of benzene rings is 1. The van der Waals surface area contributed by atoms with E-state index in [0.29, 0.717) is 11.8 Å². The van der Waals surface area contributed by atoms with Gasteiger partial charge in [-0.05, 0) is 66.4 Å². The molecule has 0 aromatic heterocycles. The first-order chi connectivity index (χ1) is 9.61. The van der Waals surface area contributed by atoms with Crippen molar-refractivity contribution in [3.63, 3.8) is 0 Å². The van der Waals surface area contributed by atoms with Gasteiger partial charge in [0.25, 0.3) is 0 Å². The highest BCUT2D eigenvalue weighted by molar-refractivity contribution is 6.21. The minimum absolute atomic E-state index is 0.0408. The molecule has 1 aromatic carbocycles.